The van der Waals surface area contributed by atoms with Gasteiger partial charge in [0.15, 0.2) is 0 Å². The first-order valence-corrected chi connectivity index (χ1v) is 6.22. The van der Waals surface area contributed by atoms with E-state index in [0.29, 0.717) is 11.8 Å². The number of carboxylic acid groups (broad SMARTS) is 1. The summed E-state index contributed by atoms with van der Waals surface area (Å²) in [7, 11) is 0. The number of aliphatic carboxylic acids is 1. The summed E-state index contributed by atoms with van der Waals surface area (Å²) in [6, 6.07) is 10.3. The molecule has 0 spiro atoms. The standard InChI is InChI=1S/C15H20O2/c1-10-12(11-7-5-4-6-8-11)9-13(14(16)17)15(10,2)3/h4-8,10,12-13H,9H2,1-3H3,(H,16,17)/t10-,12-,13-/m0/s1. The molecule has 2 heteroatoms. The summed E-state index contributed by atoms with van der Waals surface area (Å²) in [5, 5.41) is 9.33. The second kappa shape index (κ2) is 4.17. The predicted octanol–water partition coefficient (Wildman–Crippen LogP) is 3.54. The summed E-state index contributed by atoms with van der Waals surface area (Å²) in [5.41, 5.74) is 1.14. The molecule has 0 unspecified atom stereocenters. The van der Waals surface area contributed by atoms with Gasteiger partial charge in [0.05, 0.1) is 5.92 Å². The molecule has 17 heavy (non-hydrogen) atoms. The fourth-order valence-electron chi connectivity index (χ4n) is 3.14. The third kappa shape index (κ3) is 1.97. The van der Waals surface area contributed by atoms with Crippen LogP contribution in [0.1, 0.15) is 38.7 Å². The fraction of sp³-hybridized carbons (Fsp3) is 0.533. The zero-order valence-electron chi connectivity index (χ0n) is 10.7. The molecular weight excluding hydrogens is 212 g/mol. The Labute approximate surface area is 103 Å². The van der Waals surface area contributed by atoms with E-state index in [9.17, 15) is 9.90 Å². The molecule has 0 heterocycles. The van der Waals surface area contributed by atoms with Gasteiger partial charge in [0.25, 0.3) is 0 Å². The Bertz CT molecular complexity index is 408. The first-order valence-electron chi connectivity index (χ1n) is 6.22. The van der Waals surface area contributed by atoms with E-state index >= 15 is 0 Å². The van der Waals surface area contributed by atoms with Gasteiger partial charge in [-0.2, -0.15) is 0 Å². The minimum atomic E-state index is -0.653. The van der Waals surface area contributed by atoms with Crippen molar-refractivity contribution in [2.45, 2.75) is 33.1 Å². The zero-order valence-corrected chi connectivity index (χ0v) is 10.7. The molecule has 0 radical (unpaired) electrons. The van der Waals surface area contributed by atoms with Crippen LogP contribution in [-0.2, 0) is 4.79 Å². The third-order valence-electron chi connectivity index (χ3n) is 4.69. The van der Waals surface area contributed by atoms with E-state index in [0.717, 1.165) is 6.42 Å². The molecular formula is C15H20O2. The molecule has 1 aliphatic carbocycles. The number of benzene rings is 1. The molecule has 1 aromatic carbocycles. The van der Waals surface area contributed by atoms with Gasteiger partial charge in [-0.25, -0.2) is 0 Å². The highest BCUT2D eigenvalue weighted by molar-refractivity contribution is 5.72. The lowest BCUT2D eigenvalue weighted by Gasteiger charge is -2.30. The molecule has 1 fully saturated rings. The summed E-state index contributed by atoms with van der Waals surface area (Å²) in [6.45, 7) is 6.35. The van der Waals surface area contributed by atoms with Crippen molar-refractivity contribution in [3.8, 4) is 0 Å². The molecule has 0 amide bonds. The van der Waals surface area contributed by atoms with E-state index in [1.807, 2.05) is 18.2 Å². The molecule has 1 aromatic rings. The van der Waals surface area contributed by atoms with Crippen LogP contribution < -0.4 is 0 Å². The number of hydrogen-bond donors (Lipinski definition) is 1. The lowest BCUT2D eigenvalue weighted by atomic mass is 9.74. The largest absolute Gasteiger partial charge is 0.481 e. The number of carbonyl (C=O) groups is 1. The van der Waals surface area contributed by atoms with E-state index in [1.54, 1.807) is 0 Å². The topological polar surface area (TPSA) is 37.3 Å². The highest BCUT2D eigenvalue weighted by Crippen LogP contribution is 2.54. The van der Waals surface area contributed by atoms with Crippen LogP contribution >= 0.6 is 0 Å². The predicted molar refractivity (Wildman–Crippen MR) is 67.9 cm³/mol. The van der Waals surface area contributed by atoms with Crippen LogP contribution in [0.5, 0.6) is 0 Å². The summed E-state index contributed by atoms with van der Waals surface area (Å²) in [5.74, 6) is -0.124. The van der Waals surface area contributed by atoms with Crippen LogP contribution in [0.25, 0.3) is 0 Å². The molecule has 0 saturated heterocycles. The van der Waals surface area contributed by atoms with E-state index < -0.39 is 5.97 Å². The van der Waals surface area contributed by atoms with Crippen molar-refractivity contribution in [2.75, 3.05) is 0 Å². The van der Waals surface area contributed by atoms with Crippen LogP contribution in [0, 0.1) is 17.3 Å². The van der Waals surface area contributed by atoms with Crippen LogP contribution in [0.15, 0.2) is 30.3 Å². The zero-order chi connectivity index (χ0) is 12.6. The molecule has 1 saturated carbocycles. The first-order chi connectivity index (χ1) is 7.94. The van der Waals surface area contributed by atoms with E-state index in [-0.39, 0.29) is 11.3 Å². The molecule has 3 atom stereocenters. The van der Waals surface area contributed by atoms with E-state index in [1.165, 1.54) is 5.56 Å². The maximum atomic E-state index is 11.3. The second-order valence-corrected chi connectivity index (χ2v) is 5.75. The van der Waals surface area contributed by atoms with Gasteiger partial charge in [0.2, 0.25) is 0 Å². The normalized spacial score (nSPS) is 31.4. The third-order valence-corrected chi connectivity index (χ3v) is 4.69. The van der Waals surface area contributed by atoms with Gasteiger partial charge < -0.3 is 5.11 Å². The van der Waals surface area contributed by atoms with Gasteiger partial charge in [0, 0.05) is 0 Å². The summed E-state index contributed by atoms with van der Waals surface area (Å²) in [4.78, 5) is 11.3. The Morgan fingerprint density at radius 2 is 1.88 bits per heavy atom. The lowest BCUT2D eigenvalue weighted by molar-refractivity contribution is -0.145. The Morgan fingerprint density at radius 3 is 2.35 bits per heavy atom. The smallest absolute Gasteiger partial charge is 0.307 e. The average Bonchev–Trinajstić information content (AvgIpc) is 2.52. The molecule has 92 valence electrons. The van der Waals surface area contributed by atoms with Crippen LogP contribution in [0.4, 0.5) is 0 Å². The molecule has 2 rings (SSSR count). The van der Waals surface area contributed by atoms with Gasteiger partial charge in [-0.3, -0.25) is 4.79 Å². The molecule has 1 aliphatic rings. The molecule has 0 aromatic heterocycles. The van der Waals surface area contributed by atoms with Gasteiger partial charge >= 0.3 is 5.97 Å². The van der Waals surface area contributed by atoms with Gasteiger partial charge in [-0.05, 0) is 29.2 Å². The monoisotopic (exact) mass is 232 g/mol. The van der Waals surface area contributed by atoms with Gasteiger partial charge in [-0.1, -0.05) is 51.1 Å². The number of rotatable bonds is 2. The first kappa shape index (κ1) is 12.2. The van der Waals surface area contributed by atoms with Crippen LogP contribution in [0.2, 0.25) is 0 Å². The van der Waals surface area contributed by atoms with Crippen molar-refractivity contribution in [1.29, 1.82) is 0 Å². The maximum absolute atomic E-state index is 11.3. The number of carboxylic acids is 1. The molecule has 1 N–H and O–H groups in total. The van der Waals surface area contributed by atoms with Crippen molar-refractivity contribution >= 4 is 5.97 Å². The highest BCUT2D eigenvalue weighted by Gasteiger charge is 2.50. The molecule has 0 bridgehead atoms. The van der Waals surface area contributed by atoms with E-state index in [4.69, 9.17) is 0 Å². The minimum Gasteiger partial charge on any atom is -0.481 e. The Kier molecular flexibility index (Phi) is 2.98. The van der Waals surface area contributed by atoms with E-state index in [2.05, 4.69) is 32.9 Å². The van der Waals surface area contributed by atoms with Crippen molar-refractivity contribution < 1.29 is 9.90 Å². The second-order valence-electron chi connectivity index (χ2n) is 5.75. The van der Waals surface area contributed by atoms with Crippen molar-refractivity contribution in [2.24, 2.45) is 17.3 Å². The van der Waals surface area contributed by atoms with Crippen molar-refractivity contribution in [3.63, 3.8) is 0 Å². The lowest BCUT2D eigenvalue weighted by Crippen LogP contribution is -2.29. The fourth-order valence-corrected chi connectivity index (χ4v) is 3.14. The molecule has 0 aliphatic heterocycles. The average molecular weight is 232 g/mol. The van der Waals surface area contributed by atoms with Gasteiger partial charge in [-0.15, -0.1) is 0 Å². The van der Waals surface area contributed by atoms with Crippen molar-refractivity contribution in [1.82, 2.24) is 0 Å². The summed E-state index contributed by atoms with van der Waals surface area (Å²) < 4.78 is 0. The minimum absolute atomic E-state index is 0.133. The SMILES string of the molecule is C[C@H]1[C@@H](c2ccccc2)C[C@@H](C(=O)O)C1(C)C. The van der Waals surface area contributed by atoms with Crippen LogP contribution in [0.3, 0.4) is 0 Å². The summed E-state index contributed by atoms with van der Waals surface area (Å²) in [6.07, 6.45) is 0.757. The highest BCUT2D eigenvalue weighted by atomic mass is 16.4. The Hall–Kier alpha value is -1.31. The summed E-state index contributed by atoms with van der Waals surface area (Å²) >= 11 is 0. The Morgan fingerprint density at radius 1 is 1.29 bits per heavy atom. The quantitative estimate of drug-likeness (QED) is 0.846. The van der Waals surface area contributed by atoms with Crippen molar-refractivity contribution in [3.05, 3.63) is 35.9 Å². The van der Waals surface area contributed by atoms with Crippen LogP contribution in [-0.4, -0.2) is 11.1 Å². The number of hydrogen-bond acceptors (Lipinski definition) is 1. The van der Waals surface area contributed by atoms with Gasteiger partial charge in [0.1, 0.15) is 0 Å². The maximum Gasteiger partial charge on any atom is 0.307 e. The molecule has 2 nitrogen and oxygen atoms in total. The Balaban J connectivity index is 2.32.